The van der Waals surface area contributed by atoms with E-state index in [1.165, 1.54) is 0 Å². The number of carbonyl (C=O) groups is 2. The minimum Gasteiger partial charge on any atom is -0.481 e. The molecule has 2 aromatic rings. The highest BCUT2D eigenvalue weighted by Gasteiger charge is 2.06. The minimum absolute atomic E-state index is 0.0940. The number of nitrogens with one attached hydrogen (secondary N) is 1. The molecule has 0 spiro atoms. The first kappa shape index (κ1) is 14.0. The van der Waals surface area contributed by atoms with E-state index in [2.05, 4.69) is 10.3 Å². The number of amides is 1. The van der Waals surface area contributed by atoms with Gasteiger partial charge in [-0.3, -0.25) is 9.59 Å². The van der Waals surface area contributed by atoms with E-state index >= 15 is 0 Å². The van der Waals surface area contributed by atoms with E-state index in [9.17, 15) is 9.59 Å². The number of hydrogen-bond acceptors (Lipinski definition) is 3. The number of benzene rings is 1. The van der Waals surface area contributed by atoms with Gasteiger partial charge in [0.05, 0.1) is 17.4 Å². The largest absolute Gasteiger partial charge is 0.481 e. The van der Waals surface area contributed by atoms with Crippen LogP contribution in [-0.4, -0.2) is 33.1 Å². The Bertz CT molecular complexity index is 606. The number of aliphatic carboxylic acids is 1. The van der Waals surface area contributed by atoms with E-state index in [1.807, 2.05) is 24.3 Å². The van der Waals surface area contributed by atoms with E-state index in [0.29, 0.717) is 19.4 Å². The summed E-state index contributed by atoms with van der Waals surface area (Å²) in [5.74, 6) is -0.898. The number of imidazole rings is 1. The molecule has 0 bridgehead atoms. The van der Waals surface area contributed by atoms with Crippen molar-refractivity contribution in [1.29, 1.82) is 0 Å². The minimum atomic E-state index is -0.804. The average Bonchev–Trinajstić information content (AvgIpc) is 2.81. The second-order valence-electron chi connectivity index (χ2n) is 4.56. The zero-order chi connectivity index (χ0) is 14.4. The second-order valence-corrected chi connectivity index (χ2v) is 4.56. The van der Waals surface area contributed by atoms with Crippen LogP contribution >= 0.6 is 0 Å². The maximum absolute atomic E-state index is 11.8. The normalized spacial score (nSPS) is 10.6. The quantitative estimate of drug-likeness (QED) is 0.748. The zero-order valence-electron chi connectivity index (χ0n) is 11.1. The van der Waals surface area contributed by atoms with Gasteiger partial charge < -0.3 is 15.0 Å². The molecule has 1 aromatic carbocycles. The lowest BCUT2D eigenvalue weighted by Crippen LogP contribution is -2.28. The van der Waals surface area contributed by atoms with Gasteiger partial charge in [-0.05, 0) is 25.0 Å². The molecule has 20 heavy (non-hydrogen) atoms. The van der Waals surface area contributed by atoms with E-state index in [-0.39, 0.29) is 18.9 Å². The first-order chi connectivity index (χ1) is 9.66. The van der Waals surface area contributed by atoms with Crippen molar-refractivity contribution in [2.24, 2.45) is 0 Å². The number of hydrogen-bond donors (Lipinski definition) is 2. The number of nitrogens with zero attached hydrogens (tertiary/aromatic N) is 2. The topological polar surface area (TPSA) is 84.2 Å². The summed E-state index contributed by atoms with van der Waals surface area (Å²) < 4.78 is 1.79. The van der Waals surface area contributed by atoms with E-state index < -0.39 is 5.97 Å². The number of unbranched alkanes of at least 4 members (excludes halogenated alkanes) is 1. The van der Waals surface area contributed by atoms with Crippen molar-refractivity contribution < 1.29 is 14.7 Å². The number of para-hydroxylation sites is 2. The summed E-state index contributed by atoms with van der Waals surface area (Å²) in [5.41, 5.74) is 1.79. The van der Waals surface area contributed by atoms with E-state index in [1.54, 1.807) is 10.9 Å². The molecular formula is C14H17N3O3. The van der Waals surface area contributed by atoms with Gasteiger partial charge in [0, 0.05) is 13.0 Å². The molecule has 0 saturated carbocycles. The van der Waals surface area contributed by atoms with Crippen LogP contribution in [0.4, 0.5) is 0 Å². The second kappa shape index (κ2) is 6.70. The predicted molar refractivity (Wildman–Crippen MR) is 74.2 cm³/mol. The highest BCUT2D eigenvalue weighted by atomic mass is 16.4. The number of aromatic nitrogens is 2. The molecule has 0 radical (unpaired) electrons. The predicted octanol–water partition coefficient (Wildman–Crippen LogP) is 1.41. The van der Waals surface area contributed by atoms with Crippen molar-refractivity contribution in [2.75, 3.05) is 6.54 Å². The molecule has 0 atom stereocenters. The van der Waals surface area contributed by atoms with Crippen LogP contribution in [0.15, 0.2) is 30.6 Å². The van der Waals surface area contributed by atoms with Crippen LogP contribution in [0.5, 0.6) is 0 Å². The van der Waals surface area contributed by atoms with Crippen LogP contribution in [0.1, 0.15) is 19.3 Å². The van der Waals surface area contributed by atoms with Gasteiger partial charge in [0.15, 0.2) is 0 Å². The summed E-state index contributed by atoms with van der Waals surface area (Å²) >= 11 is 0. The van der Waals surface area contributed by atoms with Gasteiger partial charge in [0.25, 0.3) is 0 Å². The average molecular weight is 275 g/mol. The van der Waals surface area contributed by atoms with E-state index in [0.717, 1.165) is 11.0 Å². The van der Waals surface area contributed by atoms with Crippen molar-refractivity contribution in [1.82, 2.24) is 14.9 Å². The summed E-state index contributed by atoms with van der Waals surface area (Å²) in [4.78, 5) is 26.3. The molecule has 1 amide bonds. The monoisotopic (exact) mass is 275 g/mol. The maximum Gasteiger partial charge on any atom is 0.303 e. The van der Waals surface area contributed by atoms with Crippen molar-refractivity contribution in [2.45, 2.75) is 25.8 Å². The van der Waals surface area contributed by atoms with Crippen molar-refractivity contribution in [3.8, 4) is 0 Å². The van der Waals surface area contributed by atoms with Gasteiger partial charge in [0.1, 0.15) is 6.54 Å². The number of fused-ring (bicyclic) bond motifs is 1. The lowest BCUT2D eigenvalue weighted by molar-refractivity contribution is -0.137. The van der Waals surface area contributed by atoms with Crippen LogP contribution < -0.4 is 5.32 Å². The molecule has 1 heterocycles. The lowest BCUT2D eigenvalue weighted by Gasteiger charge is -2.06. The highest BCUT2D eigenvalue weighted by molar-refractivity contribution is 5.80. The number of carboxylic acids is 1. The molecule has 0 aliphatic carbocycles. The molecule has 0 unspecified atom stereocenters. The van der Waals surface area contributed by atoms with Crippen LogP contribution in [0, 0.1) is 0 Å². The zero-order valence-corrected chi connectivity index (χ0v) is 11.1. The van der Waals surface area contributed by atoms with E-state index in [4.69, 9.17) is 5.11 Å². The molecule has 0 fully saturated rings. The summed E-state index contributed by atoms with van der Waals surface area (Å²) in [7, 11) is 0. The van der Waals surface area contributed by atoms with Crippen LogP contribution in [0.25, 0.3) is 11.0 Å². The number of rotatable bonds is 7. The smallest absolute Gasteiger partial charge is 0.303 e. The third kappa shape index (κ3) is 3.81. The fourth-order valence-corrected chi connectivity index (χ4v) is 1.98. The molecule has 0 aliphatic rings. The molecule has 6 nitrogen and oxygen atoms in total. The SMILES string of the molecule is O=C(O)CCCCNC(=O)Cn1cnc2ccccc21. The molecular weight excluding hydrogens is 258 g/mol. The lowest BCUT2D eigenvalue weighted by atomic mass is 10.2. The Kier molecular flexibility index (Phi) is 4.70. The Morgan fingerprint density at radius 1 is 1.25 bits per heavy atom. The third-order valence-corrected chi connectivity index (χ3v) is 2.98. The Morgan fingerprint density at radius 2 is 2.05 bits per heavy atom. The molecule has 2 rings (SSSR count). The standard InChI is InChI=1S/C14H17N3O3/c18-13(15-8-4-3-7-14(19)20)9-17-10-16-11-5-1-2-6-12(11)17/h1-2,5-6,10H,3-4,7-9H2,(H,15,18)(H,19,20). The Balaban J connectivity index is 1.78. The first-order valence-corrected chi connectivity index (χ1v) is 6.55. The molecule has 0 saturated heterocycles. The van der Waals surface area contributed by atoms with Gasteiger partial charge in [0.2, 0.25) is 5.91 Å². The Labute approximate surface area is 116 Å². The summed E-state index contributed by atoms with van der Waals surface area (Å²) in [6.07, 6.45) is 3.03. The Morgan fingerprint density at radius 3 is 2.85 bits per heavy atom. The fraction of sp³-hybridized carbons (Fsp3) is 0.357. The molecule has 6 heteroatoms. The summed E-state index contributed by atoms with van der Waals surface area (Å²) in [6, 6.07) is 7.63. The molecule has 1 aromatic heterocycles. The van der Waals surface area contributed by atoms with Gasteiger partial charge >= 0.3 is 5.97 Å². The highest BCUT2D eigenvalue weighted by Crippen LogP contribution is 2.11. The van der Waals surface area contributed by atoms with Gasteiger partial charge in [-0.1, -0.05) is 12.1 Å². The fourth-order valence-electron chi connectivity index (χ4n) is 1.98. The third-order valence-electron chi connectivity index (χ3n) is 2.98. The Hall–Kier alpha value is -2.37. The van der Waals surface area contributed by atoms with Crippen molar-refractivity contribution in [3.63, 3.8) is 0 Å². The molecule has 2 N–H and O–H groups in total. The van der Waals surface area contributed by atoms with Crippen LogP contribution in [0.2, 0.25) is 0 Å². The van der Waals surface area contributed by atoms with Crippen molar-refractivity contribution >= 4 is 22.9 Å². The first-order valence-electron chi connectivity index (χ1n) is 6.55. The van der Waals surface area contributed by atoms with Gasteiger partial charge in [-0.25, -0.2) is 4.98 Å². The molecule has 0 aliphatic heterocycles. The van der Waals surface area contributed by atoms with Crippen LogP contribution in [-0.2, 0) is 16.1 Å². The van der Waals surface area contributed by atoms with Gasteiger partial charge in [-0.2, -0.15) is 0 Å². The summed E-state index contributed by atoms with van der Waals surface area (Å²) in [6.45, 7) is 0.720. The van der Waals surface area contributed by atoms with Crippen LogP contribution in [0.3, 0.4) is 0 Å². The maximum atomic E-state index is 11.8. The van der Waals surface area contributed by atoms with Crippen molar-refractivity contribution in [3.05, 3.63) is 30.6 Å². The number of carbonyl (C=O) groups excluding carboxylic acids is 1. The number of carboxylic acid groups (broad SMARTS) is 1. The molecule has 106 valence electrons. The summed E-state index contributed by atoms with van der Waals surface area (Å²) in [5, 5.41) is 11.3. The van der Waals surface area contributed by atoms with Gasteiger partial charge in [-0.15, -0.1) is 0 Å².